The fraction of sp³-hybridized carbons (Fsp3) is 0.400. The molecule has 0 aromatic carbocycles. The zero-order valence-electron chi connectivity index (χ0n) is 9.65. The third-order valence-corrected chi connectivity index (χ3v) is 2.92. The first-order chi connectivity index (χ1) is 8.90. The van der Waals surface area contributed by atoms with Crippen molar-refractivity contribution in [1.82, 2.24) is 9.88 Å². The first-order valence-corrected chi connectivity index (χ1v) is 5.45. The lowest BCUT2D eigenvalue weighted by molar-refractivity contribution is -0.389. The van der Waals surface area contributed by atoms with E-state index in [0.717, 1.165) is 11.0 Å². The SMILES string of the molecule is O=C(O)[C@@H]1CC(O)CN1C(=O)c1ccc([N+](=O)[O-])[nH]1. The number of H-pyrrole nitrogens is 1. The lowest BCUT2D eigenvalue weighted by Gasteiger charge is -2.19. The Labute approximate surface area is 106 Å². The Balaban J connectivity index is 2.22. The van der Waals surface area contributed by atoms with Gasteiger partial charge in [0.25, 0.3) is 5.91 Å². The van der Waals surface area contributed by atoms with Crippen molar-refractivity contribution in [2.24, 2.45) is 0 Å². The maximum atomic E-state index is 12.0. The van der Waals surface area contributed by atoms with E-state index >= 15 is 0 Å². The highest BCUT2D eigenvalue weighted by Crippen LogP contribution is 2.21. The van der Waals surface area contributed by atoms with Crippen molar-refractivity contribution >= 4 is 17.7 Å². The molecule has 2 heterocycles. The molecule has 1 saturated heterocycles. The topological polar surface area (TPSA) is 137 Å². The van der Waals surface area contributed by atoms with Crippen LogP contribution in [0, 0.1) is 10.1 Å². The molecule has 3 N–H and O–H groups in total. The second-order valence-electron chi connectivity index (χ2n) is 4.22. The predicted octanol–water partition coefficient (Wildman–Crippen LogP) is -0.417. The number of nitrogens with one attached hydrogen (secondary N) is 1. The number of carbonyl (C=O) groups is 2. The summed E-state index contributed by atoms with van der Waals surface area (Å²) in [6.45, 7) is -0.109. The minimum absolute atomic E-state index is 0.0517. The molecule has 9 nitrogen and oxygen atoms in total. The van der Waals surface area contributed by atoms with Gasteiger partial charge in [-0.2, -0.15) is 0 Å². The molecular formula is C10H11N3O6. The number of aromatic amines is 1. The van der Waals surface area contributed by atoms with Crippen molar-refractivity contribution in [2.45, 2.75) is 18.6 Å². The molecule has 102 valence electrons. The zero-order valence-corrected chi connectivity index (χ0v) is 9.65. The molecule has 1 unspecified atom stereocenters. The maximum Gasteiger partial charge on any atom is 0.326 e. The molecule has 0 spiro atoms. The van der Waals surface area contributed by atoms with Crippen LogP contribution >= 0.6 is 0 Å². The van der Waals surface area contributed by atoms with Crippen LogP contribution in [0.25, 0.3) is 0 Å². The Hall–Kier alpha value is -2.42. The average Bonchev–Trinajstić information content (AvgIpc) is 2.94. The van der Waals surface area contributed by atoms with Gasteiger partial charge >= 0.3 is 11.8 Å². The molecule has 19 heavy (non-hydrogen) atoms. The summed E-state index contributed by atoms with van der Waals surface area (Å²) in [6, 6.07) is 1.21. The summed E-state index contributed by atoms with van der Waals surface area (Å²) < 4.78 is 0. The number of carboxylic acids is 1. The molecule has 1 aliphatic rings. The van der Waals surface area contributed by atoms with Crippen molar-refractivity contribution in [1.29, 1.82) is 0 Å². The maximum absolute atomic E-state index is 12.0. The van der Waals surface area contributed by atoms with Gasteiger partial charge in [-0.25, -0.2) is 9.78 Å². The number of aliphatic hydroxyl groups is 1. The predicted molar refractivity (Wildman–Crippen MR) is 60.5 cm³/mol. The quantitative estimate of drug-likeness (QED) is 0.503. The smallest absolute Gasteiger partial charge is 0.326 e. The number of nitro groups is 1. The summed E-state index contributed by atoms with van der Waals surface area (Å²) in [4.78, 5) is 36.1. The van der Waals surface area contributed by atoms with Gasteiger partial charge in [-0.15, -0.1) is 0 Å². The van der Waals surface area contributed by atoms with Gasteiger partial charge < -0.3 is 25.2 Å². The number of β-amino-alcohol motifs (C(OH)–C–C–N with tert-alkyl or cyclic N) is 1. The molecule has 1 aromatic heterocycles. The van der Waals surface area contributed by atoms with E-state index in [4.69, 9.17) is 5.11 Å². The van der Waals surface area contributed by atoms with Gasteiger partial charge in [0, 0.05) is 19.0 Å². The van der Waals surface area contributed by atoms with Crippen LogP contribution in [0.1, 0.15) is 16.9 Å². The van der Waals surface area contributed by atoms with Gasteiger partial charge in [0.2, 0.25) is 0 Å². The highest BCUT2D eigenvalue weighted by atomic mass is 16.6. The highest BCUT2D eigenvalue weighted by molar-refractivity contribution is 5.96. The fourth-order valence-corrected chi connectivity index (χ4v) is 2.04. The van der Waals surface area contributed by atoms with E-state index in [1.807, 2.05) is 0 Å². The summed E-state index contributed by atoms with van der Waals surface area (Å²) in [7, 11) is 0. The zero-order chi connectivity index (χ0) is 14.2. The molecule has 2 atom stereocenters. The van der Waals surface area contributed by atoms with Gasteiger partial charge in [0.1, 0.15) is 6.04 Å². The highest BCUT2D eigenvalue weighted by Gasteiger charge is 2.40. The van der Waals surface area contributed by atoms with Crippen LogP contribution in [0.15, 0.2) is 12.1 Å². The Kier molecular flexibility index (Phi) is 3.21. The number of carbonyl (C=O) groups excluding carboxylic acids is 1. The van der Waals surface area contributed by atoms with Crippen LogP contribution in [0.3, 0.4) is 0 Å². The average molecular weight is 269 g/mol. The Morgan fingerprint density at radius 2 is 2.16 bits per heavy atom. The molecule has 1 aromatic rings. The number of hydrogen-bond donors (Lipinski definition) is 3. The summed E-state index contributed by atoms with van der Waals surface area (Å²) in [6.07, 6.45) is -0.959. The summed E-state index contributed by atoms with van der Waals surface area (Å²) in [5, 5.41) is 28.9. The number of amides is 1. The lowest BCUT2D eigenvalue weighted by Crippen LogP contribution is -2.40. The van der Waals surface area contributed by atoms with E-state index in [1.165, 1.54) is 6.07 Å². The number of hydrogen-bond acceptors (Lipinski definition) is 5. The largest absolute Gasteiger partial charge is 0.480 e. The van der Waals surface area contributed by atoms with Gasteiger partial charge in [-0.05, 0) is 11.0 Å². The van der Waals surface area contributed by atoms with Crippen LogP contribution < -0.4 is 0 Å². The van der Waals surface area contributed by atoms with E-state index in [1.54, 1.807) is 0 Å². The normalized spacial score (nSPS) is 22.5. The third kappa shape index (κ3) is 2.40. The fourth-order valence-electron chi connectivity index (χ4n) is 2.04. The van der Waals surface area contributed by atoms with Crippen LogP contribution in [-0.4, -0.2) is 55.6 Å². The molecular weight excluding hydrogens is 258 g/mol. The van der Waals surface area contributed by atoms with E-state index < -0.39 is 28.9 Å². The minimum Gasteiger partial charge on any atom is -0.480 e. The number of aliphatic hydroxyl groups excluding tert-OH is 1. The van der Waals surface area contributed by atoms with E-state index in [9.17, 15) is 24.8 Å². The van der Waals surface area contributed by atoms with Gasteiger partial charge in [0.05, 0.1) is 6.10 Å². The molecule has 9 heteroatoms. The van der Waals surface area contributed by atoms with Crippen molar-refractivity contribution < 1.29 is 24.7 Å². The molecule has 1 aliphatic heterocycles. The number of aliphatic carboxylic acids is 1. The molecule has 0 bridgehead atoms. The van der Waals surface area contributed by atoms with Crippen LogP contribution in [0.4, 0.5) is 5.82 Å². The standard InChI is InChI=1S/C10H11N3O6/c14-5-3-7(10(16)17)12(4-5)9(15)6-1-2-8(11-6)13(18)19/h1-2,5,7,11,14H,3-4H2,(H,16,17)/t5?,7-/m0/s1. The first-order valence-electron chi connectivity index (χ1n) is 5.45. The molecule has 0 radical (unpaired) electrons. The van der Waals surface area contributed by atoms with E-state index in [0.29, 0.717) is 0 Å². The molecule has 0 saturated carbocycles. The summed E-state index contributed by atoms with van der Waals surface area (Å²) in [5.74, 6) is -2.25. The number of likely N-dealkylation sites (tertiary alicyclic amines) is 1. The lowest BCUT2D eigenvalue weighted by atomic mass is 10.2. The number of carboxylic acid groups (broad SMARTS) is 1. The van der Waals surface area contributed by atoms with E-state index in [-0.39, 0.29) is 24.5 Å². The number of aromatic nitrogens is 1. The number of nitrogens with zero attached hydrogens (tertiary/aromatic N) is 2. The Morgan fingerprint density at radius 3 is 2.68 bits per heavy atom. The van der Waals surface area contributed by atoms with E-state index in [2.05, 4.69) is 4.98 Å². The Bertz CT molecular complexity index is 539. The van der Waals surface area contributed by atoms with Gasteiger partial charge in [-0.3, -0.25) is 4.79 Å². The second kappa shape index (κ2) is 4.69. The molecule has 0 aliphatic carbocycles. The van der Waals surface area contributed by atoms with Crippen molar-refractivity contribution in [3.8, 4) is 0 Å². The van der Waals surface area contributed by atoms with Crippen LogP contribution in [0.2, 0.25) is 0 Å². The number of rotatable bonds is 3. The van der Waals surface area contributed by atoms with Crippen molar-refractivity contribution in [3.63, 3.8) is 0 Å². The first kappa shape index (κ1) is 13.0. The van der Waals surface area contributed by atoms with Crippen LogP contribution in [0.5, 0.6) is 0 Å². The molecule has 1 amide bonds. The summed E-state index contributed by atoms with van der Waals surface area (Å²) in [5.41, 5.74) is -0.0768. The van der Waals surface area contributed by atoms with Crippen molar-refractivity contribution in [2.75, 3.05) is 6.54 Å². The minimum atomic E-state index is -1.22. The second-order valence-corrected chi connectivity index (χ2v) is 4.22. The van der Waals surface area contributed by atoms with Gasteiger partial charge in [-0.1, -0.05) is 0 Å². The van der Waals surface area contributed by atoms with Crippen LogP contribution in [-0.2, 0) is 4.79 Å². The molecule has 1 fully saturated rings. The van der Waals surface area contributed by atoms with Crippen molar-refractivity contribution in [3.05, 3.63) is 27.9 Å². The Morgan fingerprint density at radius 1 is 1.47 bits per heavy atom. The van der Waals surface area contributed by atoms with Gasteiger partial charge in [0.15, 0.2) is 5.69 Å². The summed E-state index contributed by atoms with van der Waals surface area (Å²) >= 11 is 0. The third-order valence-electron chi connectivity index (χ3n) is 2.92. The monoisotopic (exact) mass is 269 g/mol. The molecule has 2 rings (SSSR count).